The number of nitrogens with one attached hydrogen (secondary N) is 1. The second-order valence-electron chi connectivity index (χ2n) is 5.52. The van der Waals surface area contributed by atoms with Crippen LogP contribution in [-0.4, -0.2) is 28.1 Å². The van der Waals surface area contributed by atoms with Crippen LogP contribution in [0.1, 0.15) is 50.1 Å². The van der Waals surface area contributed by atoms with Crippen LogP contribution in [0.3, 0.4) is 0 Å². The van der Waals surface area contributed by atoms with E-state index in [0.717, 1.165) is 31.5 Å². The minimum absolute atomic E-state index is 0.728. The van der Waals surface area contributed by atoms with E-state index < -0.39 is 0 Å². The van der Waals surface area contributed by atoms with Gasteiger partial charge in [0.15, 0.2) is 0 Å². The van der Waals surface area contributed by atoms with Gasteiger partial charge < -0.3 is 5.32 Å². The lowest BCUT2D eigenvalue weighted by Gasteiger charge is -2.23. The zero-order valence-corrected chi connectivity index (χ0v) is 10.4. The molecule has 1 aliphatic heterocycles. The maximum absolute atomic E-state index is 4.30. The van der Waals surface area contributed by atoms with Crippen LogP contribution in [-0.2, 0) is 6.54 Å². The van der Waals surface area contributed by atoms with E-state index >= 15 is 0 Å². The molecule has 0 aromatic carbocycles. The molecule has 0 bridgehead atoms. The van der Waals surface area contributed by atoms with E-state index in [2.05, 4.69) is 20.3 Å². The molecule has 4 heteroatoms. The standard InChI is InChI=1S/C13H22N4/c1-2-4-12(3-1)13-9-15-16-17(13)10-11-5-7-14-8-6-11/h9,11-12,14H,1-8,10H2. The van der Waals surface area contributed by atoms with E-state index in [-0.39, 0.29) is 0 Å². The van der Waals surface area contributed by atoms with Crippen LogP contribution >= 0.6 is 0 Å². The SMILES string of the molecule is c1nnn(CC2CCNCC2)c1C1CCCC1. The lowest BCUT2D eigenvalue weighted by Crippen LogP contribution is -2.30. The lowest BCUT2D eigenvalue weighted by molar-refractivity contribution is 0.312. The predicted molar refractivity (Wildman–Crippen MR) is 66.8 cm³/mol. The molecule has 0 amide bonds. The van der Waals surface area contributed by atoms with E-state index in [1.807, 2.05) is 6.20 Å². The summed E-state index contributed by atoms with van der Waals surface area (Å²) in [7, 11) is 0. The van der Waals surface area contributed by atoms with Crippen LogP contribution in [0.5, 0.6) is 0 Å². The van der Waals surface area contributed by atoms with Gasteiger partial charge in [-0.25, -0.2) is 4.68 Å². The lowest BCUT2D eigenvalue weighted by atomic mass is 9.97. The topological polar surface area (TPSA) is 42.7 Å². The minimum atomic E-state index is 0.728. The fourth-order valence-corrected chi connectivity index (χ4v) is 3.25. The molecule has 2 heterocycles. The Bertz CT molecular complexity index is 348. The van der Waals surface area contributed by atoms with Crippen molar-refractivity contribution >= 4 is 0 Å². The van der Waals surface area contributed by atoms with Crippen molar-refractivity contribution in [3.8, 4) is 0 Å². The zero-order chi connectivity index (χ0) is 11.5. The Morgan fingerprint density at radius 1 is 1.18 bits per heavy atom. The largest absolute Gasteiger partial charge is 0.317 e. The summed E-state index contributed by atoms with van der Waals surface area (Å²) < 4.78 is 2.19. The monoisotopic (exact) mass is 234 g/mol. The quantitative estimate of drug-likeness (QED) is 0.869. The van der Waals surface area contributed by atoms with Gasteiger partial charge >= 0.3 is 0 Å². The van der Waals surface area contributed by atoms with Crippen molar-refractivity contribution in [3.05, 3.63) is 11.9 Å². The molecule has 0 unspecified atom stereocenters. The molecule has 2 aliphatic rings. The molecule has 1 saturated heterocycles. The fraction of sp³-hybridized carbons (Fsp3) is 0.846. The first-order valence-electron chi connectivity index (χ1n) is 7.02. The normalized spacial score (nSPS) is 23.3. The van der Waals surface area contributed by atoms with Crippen molar-refractivity contribution in [1.82, 2.24) is 20.3 Å². The number of piperidine rings is 1. The van der Waals surface area contributed by atoms with Crippen molar-refractivity contribution < 1.29 is 0 Å². The molecule has 1 aromatic heterocycles. The highest BCUT2D eigenvalue weighted by molar-refractivity contribution is 5.05. The Morgan fingerprint density at radius 2 is 1.94 bits per heavy atom. The van der Waals surface area contributed by atoms with Gasteiger partial charge in [-0.3, -0.25) is 0 Å². The molecule has 3 rings (SSSR count). The first-order valence-corrected chi connectivity index (χ1v) is 7.02. The Morgan fingerprint density at radius 3 is 2.71 bits per heavy atom. The van der Waals surface area contributed by atoms with Gasteiger partial charge in [-0.1, -0.05) is 18.1 Å². The smallest absolute Gasteiger partial charge is 0.0728 e. The maximum Gasteiger partial charge on any atom is 0.0728 e. The number of rotatable bonds is 3. The van der Waals surface area contributed by atoms with E-state index in [9.17, 15) is 0 Å². The van der Waals surface area contributed by atoms with Crippen LogP contribution in [0.25, 0.3) is 0 Å². The number of hydrogen-bond donors (Lipinski definition) is 1. The molecule has 1 aromatic rings. The third-order valence-corrected chi connectivity index (χ3v) is 4.31. The van der Waals surface area contributed by atoms with Gasteiger partial charge in [-0.2, -0.15) is 0 Å². The van der Waals surface area contributed by atoms with Gasteiger partial charge in [0, 0.05) is 12.5 Å². The zero-order valence-electron chi connectivity index (χ0n) is 10.4. The highest BCUT2D eigenvalue weighted by Crippen LogP contribution is 2.33. The van der Waals surface area contributed by atoms with Crippen LogP contribution in [0.15, 0.2) is 6.20 Å². The average molecular weight is 234 g/mol. The molecule has 1 N–H and O–H groups in total. The second kappa shape index (κ2) is 5.17. The summed E-state index contributed by atoms with van der Waals surface area (Å²) >= 11 is 0. The molecule has 0 spiro atoms. The summed E-state index contributed by atoms with van der Waals surface area (Å²) in [6.07, 6.45) is 9.98. The van der Waals surface area contributed by atoms with E-state index in [1.165, 1.54) is 44.2 Å². The Balaban J connectivity index is 1.67. The molecule has 94 valence electrons. The molecule has 0 atom stereocenters. The Kier molecular flexibility index (Phi) is 3.41. The van der Waals surface area contributed by atoms with Gasteiger partial charge in [-0.05, 0) is 44.7 Å². The van der Waals surface area contributed by atoms with Crippen molar-refractivity contribution in [3.63, 3.8) is 0 Å². The minimum Gasteiger partial charge on any atom is -0.317 e. The summed E-state index contributed by atoms with van der Waals surface area (Å²) in [4.78, 5) is 0. The third-order valence-electron chi connectivity index (χ3n) is 4.31. The summed E-state index contributed by atoms with van der Waals surface area (Å²) in [6.45, 7) is 3.41. The van der Waals surface area contributed by atoms with Crippen molar-refractivity contribution in [2.75, 3.05) is 13.1 Å². The van der Waals surface area contributed by atoms with Crippen molar-refractivity contribution in [1.29, 1.82) is 0 Å². The molecule has 1 aliphatic carbocycles. The first-order chi connectivity index (χ1) is 8.43. The molecule has 0 radical (unpaired) electrons. The molecule has 4 nitrogen and oxygen atoms in total. The van der Waals surface area contributed by atoms with Crippen LogP contribution < -0.4 is 5.32 Å². The van der Waals surface area contributed by atoms with E-state index in [1.54, 1.807) is 0 Å². The van der Waals surface area contributed by atoms with E-state index in [4.69, 9.17) is 0 Å². The highest BCUT2D eigenvalue weighted by Gasteiger charge is 2.23. The molecular formula is C13H22N4. The predicted octanol–water partition coefficient (Wildman–Crippen LogP) is 1.94. The van der Waals surface area contributed by atoms with Gasteiger partial charge in [0.05, 0.1) is 11.9 Å². The first kappa shape index (κ1) is 11.2. The summed E-state index contributed by atoms with van der Waals surface area (Å²) in [5.74, 6) is 1.52. The summed E-state index contributed by atoms with van der Waals surface area (Å²) in [5, 5.41) is 11.8. The van der Waals surface area contributed by atoms with Crippen molar-refractivity contribution in [2.24, 2.45) is 5.92 Å². The van der Waals surface area contributed by atoms with Gasteiger partial charge in [0.1, 0.15) is 0 Å². The maximum atomic E-state index is 4.30. The third kappa shape index (κ3) is 2.51. The second-order valence-corrected chi connectivity index (χ2v) is 5.52. The van der Waals surface area contributed by atoms with Crippen LogP contribution in [0, 0.1) is 5.92 Å². The van der Waals surface area contributed by atoms with Gasteiger partial charge in [0.2, 0.25) is 0 Å². The van der Waals surface area contributed by atoms with E-state index in [0.29, 0.717) is 0 Å². The Hall–Kier alpha value is -0.900. The van der Waals surface area contributed by atoms with Gasteiger partial charge in [-0.15, -0.1) is 5.10 Å². The summed E-state index contributed by atoms with van der Waals surface area (Å²) in [6, 6.07) is 0. The van der Waals surface area contributed by atoms with Gasteiger partial charge in [0.25, 0.3) is 0 Å². The number of nitrogens with zero attached hydrogens (tertiary/aromatic N) is 3. The number of hydrogen-bond acceptors (Lipinski definition) is 3. The molecular weight excluding hydrogens is 212 g/mol. The number of aromatic nitrogens is 3. The Labute approximate surface area is 103 Å². The average Bonchev–Trinajstić information content (AvgIpc) is 3.00. The molecule has 2 fully saturated rings. The highest BCUT2D eigenvalue weighted by atomic mass is 15.4. The van der Waals surface area contributed by atoms with Crippen molar-refractivity contribution in [2.45, 2.75) is 51.0 Å². The fourth-order valence-electron chi connectivity index (χ4n) is 3.25. The molecule has 1 saturated carbocycles. The van der Waals surface area contributed by atoms with Crippen LogP contribution in [0.4, 0.5) is 0 Å². The summed E-state index contributed by atoms with van der Waals surface area (Å²) in [5.41, 5.74) is 1.39. The molecule has 17 heavy (non-hydrogen) atoms. The van der Waals surface area contributed by atoms with Crippen LogP contribution in [0.2, 0.25) is 0 Å².